The summed E-state index contributed by atoms with van der Waals surface area (Å²) in [4.78, 5) is 23.6. The van der Waals surface area contributed by atoms with Gasteiger partial charge in [-0.3, -0.25) is 4.79 Å². The van der Waals surface area contributed by atoms with Gasteiger partial charge >= 0.3 is 5.97 Å². The molecule has 0 radical (unpaired) electrons. The Hall–Kier alpha value is -3.12. The summed E-state index contributed by atoms with van der Waals surface area (Å²) in [5.41, 5.74) is 0.155. The molecule has 256 valence electrons. The van der Waals surface area contributed by atoms with Crippen LogP contribution in [-0.4, -0.2) is 88.4 Å². The third-order valence-electron chi connectivity index (χ3n) is 8.60. The van der Waals surface area contributed by atoms with Crippen molar-refractivity contribution in [3.8, 4) is 0 Å². The van der Waals surface area contributed by atoms with Crippen molar-refractivity contribution >= 4 is 11.9 Å². The summed E-state index contributed by atoms with van der Waals surface area (Å²) >= 11 is 0. The quantitative estimate of drug-likeness (QED) is 0.131. The molecule has 10 heteroatoms. The average Bonchev–Trinajstić information content (AvgIpc) is 3.37. The Labute approximate surface area is 274 Å². The highest BCUT2D eigenvalue weighted by molar-refractivity contribution is 5.80. The molecule has 2 fully saturated rings. The highest BCUT2D eigenvalue weighted by Crippen LogP contribution is 2.43. The molecule has 46 heavy (non-hydrogen) atoms. The van der Waals surface area contributed by atoms with Gasteiger partial charge in [-0.25, -0.2) is 4.79 Å². The molecule has 9 atom stereocenters. The molecule has 2 heterocycles. The molecule has 0 spiro atoms. The van der Waals surface area contributed by atoms with Crippen LogP contribution in [0.4, 0.5) is 0 Å². The lowest BCUT2D eigenvalue weighted by Gasteiger charge is -2.50. The number of aliphatic hydroxyl groups excluding tert-OH is 2. The molecular formula is C36H53NO9. The predicted octanol–water partition coefficient (Wildman–Crippen LogP) is 4.16. The first-order valence-corrected chi connectivity index (χ1v) is 15.6. The standard InChI is InChI=1S/C36H53NO9/c1-8-9-12-19-31-35(5,6)30(39)23-36(43,46-31)26(4)34(42)37-21-16-15-17-24(2)33(44-7)25(3)29-22-27(38)28(45-29)18-13-10-11-14-20-32(40)41/h8-20,25-31,33,38-39,43H,21-23H2,1-7H3,(H,37,42)(H,40,41)/b9-8-,11-10+,16-15+,18-13+,19-12+,20-14+,24-17+/t25?,26-,27?,28?,29?,30+,31+,33?,36+/m1/s1/i26D. The number of amides is 1. The molecule has 0 aromatic heterocycles. The van der Waals surface area contributed by atoms with Gasteiger partial charge in [0.05, 0.1) is 36.4 Å². The number of aliphatic carboxylic acids is 1. The van der Waals surface area contributed by atoms with Gasteiger partial charge in [-0.2, -0.15) is 0 Å². The molecule has 10 nitrogen and oxygen atoms in total. The van der Waals surface area contributed by atoms with Crippen molar-refractivity contribution in [3.05, 3.63) is 84.6 Å². The second-order valence-corrected chi connectivity index (χ2v) is 12.4. The normalized spacial score (nSPS) is 32.2. The van der Waals surface area contributed by atoms with Gasteiger partial charge in [0.1, 0.15) is 6.10 Å². The van der Waals surface area contributed by atoms with Crippen LogP contribution < -0.4 is 5.32 Å². The molecular weight excluding hydrogens is 590 g/mol. The first-order valence-electron chi connectivity index (χ1n) is 16.1. The Balaban J connectivity index is 1.98. The van der Waals surface area contributed by atoms with Crippen LogP contribution in [0.25, 0.3) is 0 Å². The number of hydrogen-bond acceptors (Lipinski definition) is 8. The third kappa shape index (κ3) is 11.0. The van der Waals surface area contributed by atoms with Crippen molar-refractivity contribution in [2.24, 2.45) is 17.2 Å². The third-order valence-corrected chi connectivity index (χ3v) is 8.60. The Morgan fingerprint density at radius 3 is 2.41 bits per heavy atom. The Morgan fingerprint density at radius 2 is 1.76 bits per heavy atom. The molecule has 0 bridgehead atoms. The SMILES string of the molecule is [2H][C@@](C)(C(=O)NC/C=C/C=C(\C)C(OC)C(C)C1CC(O)C(/C=C/C=C/C=C/C(=O)O)O1)[C@]1(O)C[C@H](O)C(C)(C)[C@H](/C=C/C=C\C)O1. The summed E-state index contributed by atoms with van der Waals surface area (Å²) in [6, 6.07) is 0. The maximum atomic E-state index is 13.1. The lowest BCUT2D eigenvalue weighted by atomic mass is 9.73. The minimum absolute atomic E-state index is 0.0888. The number of aliphatic hydroxyl groups is 3. The lowest BCUT2D eigenvalue weighted by molar-refractivity contribution is -0.312. The Bertz CT molecular complexity index is 1260. The first-order chi connectivity index (χ1) is 22.0. The number of carbonyl (C=O) groups excluding carboxylic acids is 1. The molecule has 0 aromatic rings. The van der Waals surface area contributed by atoms with Crippen molar-refractivity contribution in [2.45, 2.75) is 96.8 Å². The van der Waals surface area contributed by atoms with E-state index in [4.69, 9.17) is 20.7 Å². The fraction of sp³-hybridized carbons (Fsp3) is 0.556. The van der Waals surface area contributed by atoms with E-state index in [9.17, 15) is 24.9 Å². The Morgan fingerprint density at radius 1 is 1.09 bits per heavy atom. The zero-order valence-electron chi connectivity index (χ0n) is 29.0. The van der Waals surface area contributed by atoms with Crippen molar-refractivity contribution in [3.63, 3.8) is 0 Å². The summed E-state index contributed by atoms with van der Waals surface area (Å²) in [5, 5.41) is 44.0. The van der Waals surface area contributed by atoms with Crippen molar-refractivity contribution < 1.29 is 45.6 Å². The fourth-order valence-corrected chi connectivity index (χ4v) is 5.46. The van der Waals surface area contributed by atoms with E-state index in [1.54, 1.807) is 61.8 Å². The van der Waals surface area contributed by atoms with Crippen LogP contribution in [0.15, 0.2) is 84.6 Å². The van der Waals surface area contributed by atoms with Gasteiger partial charge in [0.25, 0.3) is 0 Å². The van der Waals surface area contributed by atoms with E-state index in [1.165, 1.54) is 13.0 Å². The summed E-state index contributed by atoms with van der Waals surface area (Å²) in [7, 11) is 1.60. The van der Waals surface area contributed by atoms with Gasteiger partial charge in [-0.05, 0) is 26.3 Å². The van der Waals surface area contributed by atoms with E-state index in [2.05, 4.69) is 5.32 Å². The van der Waals surface area contributed by atoms with E-state index in [0.29, 0.717) is 6.42 Å². The molecule has 1 amide bonds. The average molecular weight is 645 g/mol. The van der Waals surface area contributed by atoms with Crippen LogP contribution in [0.5, 0.6) is 0 Å². The van der Waals surface area contributed by atoms with Gasteiger partial charge in [-0.1, -0.05) is 93.7 Å². The molecule has 2 rings (SSSR count). The number of methoxy groups -OCH3 is 1. The topological polar surface area (TPSA) is 155 Å². The molecule has 0 saturated carbocycles. The fourth-order valence-electron chi connectivity index (χ4n) is 5.46. The highest BCUT2D eigenvalue weighted by Gasteiger charge is 2.53. The number of carboxylic acid groups (broad SMARTS) is 1. The van der Waals surface area contributed by atoms with E-state index < -0.39 is 53.4 Å². The van der Waals surface area contributed by atoms with Crippen LogP contribution in [0.1, 0.15) is 55.8 Å². The van der Waals surface area contributed by atoms with Crippen LogP contribution >= 0.6 is 0 Å². The minimum atomic E-state index is -2.22. The molecule has 0 aromatic carbocycles. The number of hydrogen-bond donors (Lipinski definition) is 5. The monoisotopic (exact) mass is 644 g/mol. The smallest absolute Gasteiger partial charge is 0.328 e. The molecule has 2 aliphatic rings. The number of ether oxygens (including phenoxy) is 3. The van der Waals surface area contributed by atoms with Gasteiger partial charge < -0.3 is 40.0 Å². The van der Waals surface area contributed by atoms with Crippen molar-refractivity contribution in [1.82, 2.24) is 5.32 Å². The maximum absolute atomic E-state index is 13.1. The second kappa shape index (κ2) is 18.3. The molecule has 5 N–H and O–H groups in total. The largest absolute Gasteiger partial charge is 0.478 e. The summed E-state index contributed by atoms with van der Waals surface area (Å²) in [6.07, 6.45) is 18.1. The zero-order valence-corrected chi connectivity index (χ0v) is 28.0. The lowest BCUT2D eigenvalue weighted by Crippen LogP contribution is -2.60. The van der Waals surface area contributed by atoms with Gasteiger partial charge in [-0.15, -0.1) is 0 Å². The van der Waals surface area contributed by atoms with E-state index >= 15 is 0 Å². The van der Waals surface area contributed by atoms with Crippen molar-refractivity contribution in [2.75, 3.05) is 13.7 Å². The summed E-state index contributed by atoms with van der Waals surface area (Å²) in [6.45, 7) is 10.7. The number of allylic oxidation sites excluding steroid dienone is 9. The molecule has 5 unspecified atom stereocenters. The van der Waals surface area contributed by atoms with E-state index in [1.807, 2.05) is 46.8 Å². The Kier molecular flexibility index (Phi) is 14.8. The minimum Gasteiger partial charge on any atom is -0.478 e. The molecule has 2 aliphatic heterocycles. The highest BCUT2D eigenvalue weighted by atomic mass is 16.6. The number of carbonyl (C=O) groups is 2. The van der Waals surface area contributed by atoms with Gasteiger partial charge in [0.2, 0.25) is 5.91 Å². The maximum Gasteiger partial charge on any atom is 0.328 e. The van der Waals surface area contributed by atoms with Crippen LogP contribution in [-0.2, 0) is 23.8 Å². The zero-order chi connectivity index (χ0) is 35.4. The molecule has 0 aliphatic carbocycles. The number of rotatable bonds is 15. The van der Waals surface area contributed by atoms with Crippen molar-refractivity contribution in [1.29, 1.82) is 0 Å². The van der Waals surface area contributed by atoms with Gasteiger partial charge in [0, 0.05) is 45.3 Å². The number of carboxylic acids is 1. The predicted molar refractivity (Wildman–Crippen MR) is 178 cm³/mol. The van der Waals surface area contributed by atoms with Crippen LogP contribution in [0.3, 0.4) is 0 Å². The summed E-state index contributed by atoms with van der Waals surface area (Å²) in [5.74, 6) is -6.20. The van der Waals surface area contributed by atoms with Crippen LogP contribution in [0, 0.1) is 17.2 Å². The summed E-state index contributed by atoms with van der Waals surface area (Å²) < 4.78 is 26.6. The van der Waals surface area contributed by atoms with Gasteiger partial charge in [0.15, 0.2) is 5.79 Å². The van der Waals surface area contributed by atoms with E-state index in [0.717, 1.165) is 11.6 Å². The second-order valence-electron chi connectivity index (χ2n) is 12.4. The number of nitrogens with one attached hydrogen (secondary N) is 1. The van der Waals surface area contributed by atoms with Crippen LogP contribution in [0.2, 0.25) is 0 Å². The first kappa shape index (κ1) is 37.3. The molecule has 2 saturated heterocycles. The van der Waals surface area contributed by atoms with E-state index in [-0.39, 0.29) is 31.1 Å².